The zero-order valence-electron chi connectivity index (χ0n) is 16.0. The maximum Gasteiger partial charge on any atom is 0.321 e. The molecule has 3 N–H and O–H groups in total. The summed E-state index contributed by atoms with van der Waals surface area (Å²) in [5, 5.41) is 7.49. The average Bonchev–Trinajstić information content (AvgIpc) is 2.64. The van der Waals surface area contributed by atoms with Crippen LogP contribution in [0.5, 0.6) is 0 Å². The predicted molar refractivity (Wildman–Crippen MR) is 112 cm³/mol. The number of rotatable bonds is 6. The van der Waals surface area contributed by atoms with Gasteiger partial charge in [-0.2, -0.15) is 0 Å². The molecule has 2 aromatic carbocycles. The van der Waals surface area contributed by atoms with Crippen molar-refractivity contribution in [1.29, 1.82) is 0 Å². The van der Waals surface area contributed by atoms with Crippen molar-refractivity contribution in [3.63, 3.8) is 0 Å². The Hall–Kier alpha value is -2.71. The van der Waals surface area contributed by atoms with Crippen LogP contribution in [0.25, 0.3) is 0 Å². The van der Waals surface area contributed by atoms with Crippen molar-refractivity contribution in [3.05, 3.63) is 64.1 Å². The van der Waals surface area contributed by atoms with E-state index in [1.54, 1.807) is 36.2 Å². The summed E-state index contributed by atoms with van der Waals surface area (Å²) in [5.41, 5.74) is 2.30. The SMILES string of the molecule is CNC(=O)NC(=O)C(c1ccccc1)N(C)CC(=O)Nc1ccc(Br)cc1C. The van der Waals surface area contributed by atoms with Crippen LogP contribution >= 0.6 is 15.9 Å². The third-order valence-corrected chi connectivity index (χ3v) is 4.62. The van der Waals surface area contributed by atoms with Gasteiger partial charge >= 0.3 is 6.03 Å². The number of imide groups is 1. The minimum atomic E-state index is -0.796. The molecule has 0 heterocycles. The fourth-order valence-corrected chi connectivity index (χ4v) is 3.23. The molecule has 0 bridgehead atoms. The summed E-state index contributed by atoms with van der Waals surface area (Å²) in [6, 6.07) is 13.2. The van der Waals surface area contributed by atoms with Gasteiger partial charge in [0.2, 0.25) is 11.8 Å². The molecule has 0 spiro atoms. The van der Waals surface area contributed by atoms with Crippen LogP contribution in [0.3, 0.4) is 0 Å². The number of urea groups is 1. The highest BCUT2D eigenvalue weighted by atomic mass is 79.9. The van der Waals surface area contributed by atoms with Crippen molar-refractivity contribution in [1.82, 2.24) is 15.5 Å². The Labute approximate surface area is 172 Å². The minimum absolute atomic E-state index is 0.0315. The molecule has 1 unspecified atom stereocenters. The summed E-state index contributed by atoms with van der Waals surface area (Å²) >= 11 is 3.39. The molecule has 1 atom stereocenters. The Morgan fingerprint density at radius 3 is 2.39 bits per heavy atom. The van der Waals surface area contributed by atoms with Crippen LogP contribution in [-0.4, -0.2) is 43.4 Å². The summed E-state index contributed by atoms with van der Waals surface area (Å²) in [7, 11) is 3.09. The first-order valence-corrected chi connectivity index (χ1v) is 9.45. The van der Waals surface area contributed by atoms with Crippen molar-refractivity contribution in [2.24, 2.45) is 0 Å². The quantitative estimate of drug-likeness (QED) is 0.636. The van der Waals surface area contributed by atoms with E-state index in [4.69, 9.17) is 0 Å². The van der Waals surface area contributed by atoms with E-state index in [0.717, 1.165) is 10.0 Å². The second-order valence-electron chi connectivity index (χ2n) is 6.30. The van der Waals surface area contributed by atoms with Crippen molar-refractivity contribution < 1.29 is 14.4 Å². The number of carbonyl (C=O) groups is 3. The molecule has 2 rings (SSSR count). The lowest BCUT2D eigenvalue weighted by Gasteiger charge is -2.26. The average molecular weight is 447 g/mol. The van der Waals surface area contributed by atoms with Crippen LogP contribution < -0.4 is 16.0 Å². The second-order valence-corrected chi connectivity index (χ2v) is 7.22. The number of nitrogens with one attached hydrogen (secondary N) is 3. The largest absolute Gasteiger partial charge is 0.341 e. The Morgan fingerprint density at radius 2 is 1.79 bits per heavy atom. The lowest BCUT2D eigenvalue weighted by Crippen LogP contribution is -2.46. The lowest BCUT2D eigenvalue weighted by molar-refractivity contribution is -0.126. The third-order valence-electron chi connectivity index (χ3n) is 4.12. The van der Waals surface area contributed by atoms with Crippen LogP contribution in [0, 0.1) is 6.92 Å². The molecule has 0 saturated heterocycles. The molecule has 0 aliphatic heterocycles. The molecule has 4 amide bonds. The number of carbonyl (C=O) groups excluding carboxylic acids is 3. The van der Waals surface area contributed by atoms with Crippen LogP contribution in [0.15, 0.2) is 53.0 Å². The van der Waals surface area contributed by atoms with Gasteiger partial charge in [0.05, 0.1) is 6.54 Å². The fraction of sp³-hybridized carbons (Fsp3) is 0.250. The van der Waals surface area contributed by atoms with Crippen LogP contribution in [0.1, 0.15) is 17.2 Å². The van der Waals surface area contributed by atoms with E-state index < -0.39 is 18.0 Å². The number of likely N-dealkylation sites (N-methyl/N-ethyl adjacent to an activating group) is 1. The van der Waals surface area contributed by atoms with Crippen molar-refractivity contribution in [2.45, 2.75) is 13.0 Å². The molecular formula is C20H23BrN4O3. The number of hydrogen-bond donors (Lipinski definition) is 3. The molecule has 28 heavy (non-hydrogen) atoms. The highest BCUT2D eigenvalue weighted by Gasteiger charge is 2.27. The molecule has 148 valence electrons. The molecule has 0 aliphatic rings. The normalized spacial score (nSPS) is 11.6. The van der Waals surface area contributed by atoms with Crippen LogP contribution in [-0.2, 0) is 9.59 Å². The first kappa shape index (κ1) is 21.6. The smallest absolute Gasteiger partial charge is 0.321 e. The van der Waals surface area contributed by atoms with Gasteiger partial charge in [0.1, 0.15) is 6.04 Å². The third kappa shape index (κ3) is 5.90. The molecule has 0 aromatic heterocycles. The highest BCUT2D eigenvalue weighted by molar-refractivity contribution is 9.10. The van der Waals surface area contributed by atoms with Crippen LogP contribution in [0.2, 0.25) is 0 Å². The molecule has 0 fully saturated rings. The molecule has 0 saturated carbocycles. The lowest BCUT2D eigenvalue weighted by atomic mass is 10.0. The number of anilines is 1. The summed E-state index contributed by atoms with van der Waals surface area (Å²) < 4.78 is 0.926. The standard InChI is InChI=1S/C20H23BrN4O3/c1-13-11-15(21)9-10-16(13)23-17(26)12-25(3)18(14-7-5-4-6-8-14)19(27)24-20(28)22-2/h4-11,18H,12H2,1-3H3,(H,23,26)(H2,22,24,27,28). The van der Waals surface area contributed by atoms with Gasteiger partial charge < -0.3 is 10.6 Å². The van der Waals surface area contributed by atoms with E-state index in [9.17, 15) is 14.4 Å². The monoisotopic (exact) mass is 446 g/mol. The van der Waals surface area contributed by atoms with E-state index in [-0.39, 0.29) is 12.5 Å². The van der Waals surface area contributed by atoms with Gasteiger partial charge in [-0.25, -0.2) is 4.79 Å². The summed E-state index contributed by atoms with van der Waals surface area (Å²) in [6.07, 6.45) is 0. The predicted octanol–water partition coefficient (Wildman–Crippen LogP) is 2.82. The van der Waals surface area contributed by atoms with Crippen LogP contribution in [0.4, 0.5) is 10.5 Å². The molecule has 8 heteroatoms. The van der Waals surface area contributed by atoms with E-state index in [1.807, 2.05) is 31.2 Å². The zero-order valence-corrected chi connectivity index (χ0v) is 17.5. The minimum Gasteiger partial charge on any atom is -0.341 e. The number of halogens is 1. The number of amides is 4. The van der Waals surface area contributed by atoms with E-state index in [2.05, 4.69) is 31.9 Å². The van der Waals surface area contributed by atoms with Gasteiger partial charge in [0, 0.05) is 17.2 Å². The fourth-order valence-electron chi connectivity index (χ4n) is 2.76. The van der Waals surface area contributed by atoms with Gasteiger partial charge in [-0.1, -0.05) is 46.3 Å². The highest BCUT2D eigenvalue weighted by Crippen LogP contribution is 2.22. The summed E-state index contributed by atoms with van der Waals surface area (Å²) in [6.45, 7) is 1.86. The summed E-state index contributed by atoms with van der Waals surface area (Å²) in [5.74, 6) is -0.776. The van der Waals surface area contributed by atoms with Gasteiger partial charge in [0.15, 0.2) is 0 Å². The molecule has 0 radical (unpaired) electrons. The maximum absolute atomic E-state index is 12.6. The molecular weight excluding hydrogens is 424 g/mol. The number of nitrogens with zero attached hydrogens (tertiary/aromatic N) is 1. The number of hydrogen-bond acceptors (Lipinski definition) is 4. The molecule has 2 aromatic rings. The Morgan fingerprint density at radius 1 is 1.11 bits per heavy atom. The van der Waals surface area contributed by atoms with E-state index in [0.29, 0.717) is 11.3 Å². The van der Waals surface area contributed by atoms with Gasteiger partial charge in [0.25, 0.3) is 0 Å². The Balaban J connectivity index is 2.15. The van der Waals surface area contributed by atoms with Gasteiger partial charge in [-0.05, 0) is 43.3 Å². The first-order valence-electron chi connectivity index (χ1n) is 8.65. The number of aryl methyl sites for hydroxylation is 1. The number of benzene rings is 2. The van der Waals surface area contributed by atoms with Gasteiger partial charge in [-0.15, -0.1) is 0 Å². The molecule has 7 nitrogen and oxygen atoms in total. The maximum atomic E-state index is 12.6. The van der Waals surface area contributed by atoms with E-state index >= 15 is 0 Å². The first-order chi connectivity index (χ1) is 13.3. The second kappa shape index (κ2) is 10.0. The Bertz CT molecular complexity index is 858. The molecule has 0 aliphatic carbocycles. The Kier molecular flexibility index (Phi) is 7.71. The zero-order chi connectivity index (χ0) is 20.7. The van der Waals surface area contributed by atoms with Crippen molar-refractivity contribution in [3.8, 4) is 0 Å². The summed E-state index contributed by atoms with van der Waals surface area (Å²) in [4.78, 5) is 38.3. The van der Waals surface area contributed by atoms with Crippen molar-refractivity contribution in [2.75, 3.05) is 26.0 Å². The van der Waals surface area contributed by atoms with Gasteiger partial charge in [-0.3, -0.25) is 19.8 Å². The van der Waals surface area contributed by atoms with Crippen molar-refractivity contribution >= 4 is 39.5 Å². The van der Waals surface area contributed by atoms with E-state index in [1.165, 1.54) is 7.05 Å². The topological polar surface area (TPSA) is 90.5 Å².